The van der Waals surface area contributed by atoms with E-state index in [2.05, 4.69) is 4.98 Å². The van der Waals surface area contributed by atoms with Crippen molar-refractivity contribution < 1.29 is 21.6 Å². The molecule has 0 bridgehead atoms. The van der Waals surface area contributed by atoms with E-state index in [4.69, 9.17) is 16.8 Å². The summed E-state index contributed by atoms with van der Waals surface area (Å²) in [5.74, 6) is 0. The van der Waals surface area contributed by atoms with Crippen molar-refractivity contribution in [2.45, 2.75) is 59.0 Å². The van der Waals surface area contributed by atoms with Gasteiger partial charge in [-0.15, -0.1) is 0 Å². The van der Waals surface area contributed by atoms with E-state index in [0.29, 0.717) is 6.61 Å². The first-order valence-electron chi connectivity index (χ1n) is 8.06. The van der Waals surface area contributed by atoms with Crippen LogP contribution < -0.4 is 0 Å². The molecule has 0 amide bonds. The average molecular weight is 406 g/mol. The van der Waals surface area contributed by atoms with Crippen LogP contribution in [0.1, 0.15) is 5.56 Å². The third-order valence-electron chi connectivity index (χ3n) is 2.79. The molecule has 1 heterocycles. The third-order valence-corrected chi connectivity index (χ3v) is 15.5. The first-order chi connectivity index (χ1) is 10.7. The summed E-state index contributed by atoms with van der Waals surface area (Å²) in [5.41, 5.74) is 1.02. The molecule has 0 unspecified atom stereocenters. The van der Waals surface area contributed by atoms with Gasteiger partial charge in [-0.3, -0.25) is 4.98 Å². The molecule has 1 rings (SSSR count). The molecular formula is C14H31NO5Si4. The SMILES string of the molecule is C[Si](C)(O)O[Si](C)(C)O[Si](C)(C)O[Si](C)(C)OCc1cccnc1. The van der Waals surface area contributed by atoms with Crippen LogP contribution in [-0.2, 0) is 23.4 Å². The second-order valence-electron chi connectivity index (χ2n) is 7.60. The summed E-state index contributed by atoms with van der Waals surface area (Å²) in [6, 6.07) is 3.87. The van der Waals surface area contributed by atoms with E-state index in [0.717, 1.165) is 5.56 Å². The molecule has 10 heteroatoms. The lowest BCUT2D eigenvalue weighted by atomic mass is 10.3. The van der Waals surface area contributed by atoms with Gasteiger partial charge in [0.1, 0.15) is 0 Å². The fourth-order valence-corrected chi connectivity index (χ4v) is 18.7. The summed E-state index contributed by atoms with van der Waals surface area (Å²) in [6.07, 6.45) is 3.53. The minimum absolute atomic E-state index is 0.478. The minimum Gasteiger partial charge on any atom is -0.416 e. The highest BCUT2D eigenvalue weighted by Crippen LogP contribution is 2.24. The number of rotatable bonds is 9. The number of pyridine rings is 1. The second-order valence-corrected chi connectivity index (χ2v) is 21.6. The summed E-state index contributed by atoms with van der Waals surface area (Å²) in [6.45, 7) is 15.9. The predicted octanol–water partition coefficient (Wildman–Crippen LogP) is 3.45. The zero-order chi connectivity index (χ0) is 18.6. The van der Waals surface area contributed by atoms with Crippen LogP contribution >= 0.6 is 0 Å². The highest BCUT2D eigenvalue weighted by Gasteiger charge is 2.43. The van der Waals surface area contributed by atoms with Gasteiger partial charge in [0.25, 0.3) is 0 Å². The summed E-state index contributed by atoms with van der Waals surface area (Å²) in [5, 5.41) is 0. The van der Waals surface area contributed by atoms with Gasteiger partial charge in [0.2, 0.25) is 0 Å². The van der Waals surface area contributed by atoms with E-state index in [1.54, 1.807) is 25.5 Å². The topological polar surface area (TPSA) is 70.0 Å². The molecule has 0 aliphatic rings. The van der Waals surface area contributed by atoms with Gasteiger partial charge >= 0.3 is 34.2 Å². The van der Waals surface area contributed by atoms with E-state index in [1.807, 2.05) is 51.4 Å². The normalized spacial score (nSPS) is 14.0. The van der Waals surface area contributed by atoms with Crippen LogP contribution in [-0.4, -0.2) is 44.0 Å². The van der Waals surface area contributed by atoms with Crippen LogP contribution in [0.2, 0.25) is 52.4 Å². The van der Waals surface area contributed by atoms with Gasteiger partial charge in [-0.05, 0) is 64.0 Å². The third kappa shape index (κ3) is 9.34. The largest absolute Gasteiger partial charge is 0.416 e. The molecule has 24 heavy (non-hydrogen) atoms. The molecule has 0 aliphatic carbocycles. The van der Waals surface area contributed by atoms with Gasteiger partial charge in [-0.25, -0.2) is 0 Å². The Morgan fingerprint density at radius 2 is 1.42 bits per heavy atom. The van der Waals surface area contributed by atoms with E-state index in [1.165, 1.54) is 0 Å². The van der Waals surface area contributed by atoms with Crippen molar-refractivity contribution in [3.05, 3.63) is 30.1 Å². The molecule has 0 saturated heterocycles. The molecule has 0 saturated carbocycles. The van der Waals surface area contributed by atoms with Crippen molar-refractivity contribution in [3.8, 4) is 0 Å². The lowest BCUT2D eigenvalue weighted by Crippen LogP contribution is -2.57. The number of hydrogen-bond donors (Lipinski definition) is 1. The van der Waals surface area contributed by atoms with Crippen LogP contribution in [0.3, 0.4) is 0 Å². The zero-order valence-electron chi connectivity index (χ0n) is 16.0. The Labute approximate surface area is 150 Å². The Bertz CT molecular complexity index is 520. The van der Waals surface area contributed by atoms with Gasteiger partial charge < -0.3 is 21.6 Å². The Kier molecular flexibility index (Phi) is 7.30. The lowest BCUT2D eigenvalue weighted by Gasteiger charge is -2.39. The quantitative estimate of drug-likeness (QED) is 0.635. The molecule has 0 radical (unpaired) electrons. The number of hydrogen-bond acceptors (Lipinski definition) is 6. The first-order valence-corrected chi connectivity index (χ1v) is 19.4. The van der Waals surface area contributed by atoms with Crippen LogP contribution in [0.25, 0.3) is 0 Å². The number of nitrogens with zero attached hydrogens (tertiary/aromatic N) is 1. The van der Waals surface area contributed by atoms with E-state index >= 15 is 0 Å². The first kappa shape index (κ1) is 21.9. The van der Waals surface area contributed by atoms with Gasteiger partial charge in [0.15, 0.2) is 0 Å². The summed E-state index contributed by atoms with van der Waals surface area (Å²) < 4.78 is 24.4. The Morgan fingerprint density at radius 3 is 1.92 bits per heavy atom. The standard InChI is InChI=1S/C14H31NO5Si4/c1-21(2,16)18-23(5,6)20-24(7,8)19-22(3,4)17-13-14-10-9-11-15-12-14/h9-12,16H,13H2,1-8H3. The van der Waals surface area contributed by atoms with Gasteiger partial charge in [0.05, 0.1) is 6.61 Å². The fraction of sp³-hybridized carbons (Fsp3) is 0.643. The van der Waals surface area contributed by atoms with Crippen molar-refractivity contribution >= 4 is 34.2 Å². The maximum atomic E-state index is 10.0. The molecule has 0 atom stereocenters. The molecular weight excluding hydrogens is 375 g/mol. The summed E-state index contributed by atoms with van der Waals surface area (Å²) in [7, 11) is -9.89. The maximum absolute atomic E-state index is 10.0. The second kappa shape index (κ2) is 8.01. The highest BCUT2D eigenvalue weighted by atomic mass is 28.5. The van der Waals surface area contributed by atoms with Crippen LogP contribution in [0.4, 0.5) is 0 Å². The number of aromatic nitrogens is 1. The molecule has 1 aromatic heterocycles. The molecule has 0 aliphatic heterocycles. The fourth-order valence-electron chi connectivity index (χ4n) is 2.60. The summed E-state index contributed by atoms with van der Waals surface area (Å²) >= 11 is 0. The van der Waals surface area contributed by atoms with Crippen molar-refractivity contribution in [3.63, 3.8) is 0 Å². The zero-order valence-corrected chi connectivity index (χ0v) is 20.0. The van der Waals surface area contributed by atoms with Crippen molar-refractivity contribution in [1.29, 1.82) is 0 Å². The molecule has 0 spiro atoms. The van der Waals surface area contributed by atoms with Crippen LogP contribution in [0, 0.1) is 0 Å². The van der Waals surface area contributed by atoms with E-state index in [9.17, 15) is 4.80 Å². The molecule has 1 N–H and O–H groups in total. The Morgan fingerprint density at radius 1 is 0.875 bits per heavy atom. The molecule has 138 valence electrons. The molecule has 0 fully saturated rings. The molecule has 1 aromatic rings. The van der Waals surface area contributed by atoms with Gasteiger partial charge in [-0.2, -0.15) is 0 Å². The Hall–Kier alpha value is -0.182. The Balaban J connectivity index is 2.63. The predicted molar refractivity (Wildman–Crippen MR) is 104 cm³/mol. The van der Waals surface area contributed by atoms with Crippen LogP contribution in [0.5, 0.6) is 0 Å². The monoisotopic (exact) mass is 405 g/mol. The molecule has 6 nitrogen and oxygen atoms in total. The molecule has 0 aromatic carbocycles. The van der Waals surface area contributed by atoms with Gasteiger partial charge in [-0.1, -0.05) is 6.07 Å². The highest BCUT2D eigenvalue weighted by molar-refractivity contribution is 6.87. The van der Waals surface area contributed by atoms with Gasteiger partial charge in [0, 0.05) is 12.4 Å². The lowest BCUT2D eigenvalue weighted by molar-refractivity contribution is 0.213. The van der Waals surface area contributed by atoms with Crippen LogP contribution in [0.15, 0.2) is 24.5 Å². The van der Waals surface area contributed by atoms with E-state index < -0.39 is 34.2 Å². The average Bonchev–Trinajstić information content (AvgIpc) is 2.31. The minimum atomic E-state index is -2.63. The van der Waals surface area contributed by atoms with Crippen molar-refractivity contribution in [2.75, 3.05) is 0 Å². The maximum Gasteiger partial charge on any atom is 0.323 e. The smallest absolute Gasteiger partial charge is 0.323 e. The summed E-state index contributed by atoms with van der Waals surface area (Å²) in [4.78, 5) is 14.1. The van der Waals surface area contributed by atoms with Crippen molar-refractivity contribution in [2.24, 2.45) is 0 Å². The van der Waals surface area contributed by atoms with E-state index in [-0.39, 0.29) is 0 Å². The van der Waals surface area contributed by atoms with Crippen molar-refractivity contribution in [1.82, 2.24) is 4.98 Å².